The van der Waals surface area contributed by atoms with Crippen molar-refractivity contribution in [2.24, 2.45) is 5.92 Å². The van der Waals surface area contributed by atoms with Crippen molar-refractivity contribution < 1.29 is 9.50 Å². The van der Waals surface area contributed by atoms with Gasteiger partial charge in [-0.15, -0.1) is 0 Å². The first kappa shape index (κ1) is 12.0. The van der Waals surface area contributed by atoms with Crippen LogP contribution in [0.4, 0.5) is 10.1 Å². The number of hydrogen-bond acceptors (Lipinski definition) is 3. The Hall–Kier alpha value is -2.10. The van der Waals surface area contributed by atoms with Crippen molar-refractivity contribution in [3.05, 3.63) is 42.2 Å². The van der Waals surface area contributed by atoms with E-state index in [1.54, 1.807) is 6.07 Å². The van der Waals surface area contributed by atoms with E-state index in [1.165, 1.54) is 12.1 Å². The van der Waals surface area contributed by atoms with Gasteiger partial charge in [0.05, 0.1) is 0 Å². The summed E-state index contributed by atoms with van der Waals surface area (Å²) in [6.07, 6.45) is 0.740. The molecular weight excluding hydrogens is 243 g/mol. The molecule has 4 heteroatoms. The van der Waals surface area contributed by atoms with Gasteiger partial charge in [0.2, 0.25) is 0 Å². The van der Waals surface area contributed by atoms with Gasteiger partial charge in [-0.1, -0.05) is 12.1 Å². The molecule has 0 spiro atoms. The Kier molecular flexibility index (Phi) is 2.85. The highest BCUT2D eigenvalue weighted by Crippen LogP contribution is 2.27. The summed E-state index contributed by atoms with van der Waals surface area (Å²) in [6, 6.07) is 10.6. The number of benzene rings is 2. The van der Waals surface area contributed by atoms with Gasteiger partial charge in [-0.05, 0) is 47.4 Å². The van der Waals surface area contributed by atoms with E-state index >= 15 is 0 Å². The predicted molar refractivity (Wildman–Crippen MR) is 72.0 cm³/mol. The zero-order chi connectivity index (χ0) is 13.4. The van der Waals surface area contributed by atoms with E-state index in [0.29, 0.717) is 6.54 Å². The minimum atomic E-state index is -0.481. The molecule has 0 unspecified atom stereocenters. The number of fused-ring (bicyclic) bond motifs is 1. The summed E-state index contributed by atoms with van der Waals surface area (Å²) in [5.74, 6) is -0.893. The molecule has 0 radical (unpaired) electrons. The third kappa shape index (κ3) is 2.26. The lowest BCUT2D eigenvalue weighted by Crippen LogP contribution is -2.29. The van der Waals surface area contributed by atoms with Crippen LogP contribution in [0.5, 0.6) is 0 Å². The van der Waals surface area contributed by atoms with E-state index < -0.39 is 5.90 Å². The second-order valence-corrected chi connectivity index (χ2v) is 4.97. The molecule has 1 saturated heterocycles. The minimum absolute atomic E-state index is 0.177. The Bertz CT molecular complexity index is 641. The molecule has 3 nitrogen and oxygen atoms in total. The van der Waals surface area contributed by atoms with Gasteiger partial charge >= 0.3 is 0 Å². The Labute approximate surface area is 110 Å². The van der Waals surface area contributed by atoms with Gasteiger partial charge in [0, 0.05) is 24.7 Å². The molecule has 1 aliphatic heterocycles. The van der Waals surface area contributed by atoms with Gasteiger partial charge in [-0.25, -0.2) is 4.39 Å². The van der Waals surface area contributed by atoms with E-state index in [-0.39, 0.29) is 11.7 Å². The van der Waals surface area contributed by atoms with E-state index in [0.717, 1.165) is 29.4 Å². The first-order valence-electron chi connectivity index (χ1n) is 6.33. The maximum absolute atomic E-state index is 13.1. The lowest BCUT2D eigenvalue weighted by atomic mass is 10.1. The molecule has 2 aromatic carbocycles. The Balaban J connectivity index is 1.90. The largest absolute Gasteiger partial charge is 0.862 e. The first-order valence-corrected chi connectivity index (χ1v) is 6.33. The number of hydrogen-bond donors (Lipinski definition) is 1. The molecule has 3 rings (SSSR count). The van der Waals surface area contributed by atoms with Crippen LogP contribution < -0.4 is 10.0 Å². The third-order valence-electron chi connectivity index (χ3n) is 3.71. The van der Waals surface area contributed by atoms with Crippen LogP contribution in [0.15, 0.2) is 36.4 Å². The van der Waals surface area contributed by atoms with Crippen molar-refractivity contribution >= 4 is 22.4 Å². The van der Waals surface area contributed by atoms with Gasteiger partial charge < -0.3 is 15.4 Å². The van der Waals surface area contributed by atoms with Gasteiger partial charge in [0.25, 0.3) is 0 Å². The van der Waals surface area contributed by atoms with E-state index in [4.69, 9.17) is 5.41 Å². The van der Waals surface area contributed by atoms with Crippen LogP contribution in [0.25, 0.3) is 10.8 Å². The fraction of sp³-hybridized carbons (Fsp3) is 0.267. The van der Waals surface area contributed by atoms with Crippen molar-refractivity contribution in [3.63, 3.8) is 0 Å². The molecular formula is C15H14FN2O-. The van der Waals surface area contributed by atoms with Crippen LogP contribution in [-0.2, 0) is 0 Å². The van der Waals surface area contributed by atoms with E-state index in [9.17, 15) is 9.50 Å². The number of nitrogens with zero attached hydrogens (tertiary/aromatic N) is 1. The highest BCUT2D eigenvalue weighted by atomic mass is 19.1. The van der Waals surface area contributed by atoms with Crippen molar-refractivity contribution in [3.8, 4) is 0 Å². The lowest BCUT2D eigenvalue weighted by Gasteiger charge is -2.20. The Morgan fingerprint density at radius 1 is 1.21 bits per heavy atom. The molecule has 98 valence electrons. The van der Waals surface area contributed by atoms with Crippen molar-refractivity contribution in [1.82, 2.24) is 0 Å². The zero-order valence-corrected chi connectivity index (χ0v) is 10.4. The molecule has 0 aromatic heterocycles. The molecule has 0 bridgehead atoms. The standard InChI is InChI=1S/C15H15FN2O/c16-13-3-1-11-8-14(4-2-10(11)7-13)18-6-5-12(9-18)15(17)19/h1-4,7-8,12H,5-6,9H2,(H2,17,19)/p-1/t12-/m1/s1. The maximum atomic E-state index is 13.1. The molecule has 1 fully saturated rings. The van der Waals surface area contributed by atoms with Crippen LogP contribution in [0.2, 0.25) is 0 Å². The normalized spacial score (nSPS) is 19.0. The summed E-state index contributed by atoms with van der Waals surface area (Å²) in [5.41, 5.74) is 1.03. The molecule has 1 aliphatic rings. The molecule has 1 heterocycles. The van der Waals surface area contributed by atoms with E-state index in [1.807, 2.05) is 18.2 Å². The van der Waals surface area contributed by atoms with Crippen LogP contribution in [0.1, 0.15) is 6.42 Å². The van der Waals surface area contributed by atoms with Crippen LogP contribution >= 0.6 is 0 Å². The van der Waals surface area contributed by atoms with Gasteiger partial charge in [-0.3, -0.25) is 0 Å². The SMILES string of the molecule is N=C([O-])[C@@H]1CCN(c2ccc3cc(F)ccc3c2)C1. The molecule has 0 aliphatic carbocycles. The van der Waals surface area contributed by atoms with Gasteiger partial charge in [0.1, 0.15) is 5.82 Å². The fourth-order valence-corrected chi connectivity index (χ4v) is 2.61. The Morgan fingerprint density at radius 3 is 2.68 bits per heavy atom. The molecule has 0 amide bonds. The molecule has 2 aromatic rings. The lowest BCUT2D eigenvalue weighted by molar-refractivity contribution is -0.224. The fourth-order valence-electron chi connectivity index (χ4n) is 2.61. The number of nitrogens with one attached hydrogen (secondary N) is 1. The number of halogens is 1. The van der Waals surface area contributed by atoms with Crippen LogP contribution in [0.3, 0.4) is 0 Å². The number of rotatable bonds is 2. The average Bonchev–Trinajstić information content (AvgIpc) is 2.88. The highest BCUT2D eigenvalue weighted by Gasteiger charge is 2.22. The van der Waals surface area contributed by atoms with Gasteiger partial charge in [0.15, 0.2) is 0 Å². The smallest absolute Gasteiger partial charge is 0.123 e. The van der Waals surface area contributed by atoms with Crippen molar-refractivity contribution in [2.45, 2.75) is 6.42 Å². The molecule has 1 N–H and O–H groups in total. The topological polar surface area (TPSA) is 50.1 Å². The predicted octanol–water partition coefficient (Wildman–Crippen LogP) is 2.14. The third-order valence-corrected chi connectivity index (χ3v) is 3.71. The van der Waals surface area contributed by atoms with Crippen molar-refractivity contribution in [2.75, 3.05) is 18.0 Å². The zero-order valence-electron chi connectivity index (χ0n) is 10.4. The first-order chi connectivity index (χ1) is 9.13. The van der Waals surface area contributed by atoms with Crippen LogP contribution in [-0.4, -0.2) is 19.0 Å². The van der Waals surface area contributed by atoms with Crippen LogP contribution in [0, 0.1) is 17.1 Å². The molecule has 0 saturated carbocycles. The Morgan fingerprint density at radius 2 is 1.95 bits per heavy atom. The minimum Gasteiger partial charge on any atom is -0.862 e. The summed E-state index contributed by atoms with van der Waals surface area (Å²) in [7, 11) is 0. The highest BCUT2D eigenvalue weighted by molar-refractivity contribution is 5.86. The maximum Gasteiger partial charge on any atom is 0.123 e. The second-order valence-electron chi connectivity index (χ2n) is 4.97. The summed E-state index contributed by atoms with van der Waals surface area (Å²) in [6.45, 7) is 1.40. The summed E-state index contributed by atoms with van der Waals surface area (Å²) >= 11 is 0. The van der Waals surface area contributed by atoms with E-state index in [2.05, 4.69) is 4.90 Å². The summed E-state index contributed by atoms with van der Waals surface area (Å²) in [4.78, 5) is 2.11. The van der Waals surface area contributed by atoms with Gasteiger partial charge in [-0.2, -0.15) is 0 Å². The molecule has 1 atom stereocenters. The monoisotopic (exact) mass is 257 g/mol. The average molecular weight is 257 g/mol. The second kappa shape index (κ2) is 4.53. The quantitative estimate of drug-likeness (QED) is 0.662. The van der Waals surface area contributed by atoms with Crippen molar-refractivity contribution in [1.29, 1.82) is 5.41 Å². The summed E-state index contributed by atoms with van der Waals surface area (Å²) in [5, 5.41) is 20.1. The molecule has 19 heavy (non-hydrogen) atoms. The number of anilines is 1. The summed E-state index contributed by atoms with van der Waals surface area (Å²) < 4.78 is 13.1.